The highest BCUT2D eigenvalue weighted by Crippen LogP contribution is 2.30. The molecule has 2 heterocycles. The van der Waals surface area contributed by atoms with Gasteiger partial charge in [-0.3, -0.25) is 14.0 Å². The second-order valence-corrected chi connectivity index (χ2v) is 7.81. The summed E-state index contributed by atoms with van der Waals surface area (Å²) in [6.07, 6.45) is 5.42. The van der Waals surface area contributed by atoms with Gasteiger partial charge in [-0.05, 0) is 37.8 Å². The van der Waals surface area contributed by atoms with E-state index in [1.54, 1.807) is 16.5 Å². The maximum absolute atomic E-state index is 13.1. The SMILES string of the molecule is COC(=O)CNc1c(-c2ccccc2)nc2c(C(=O)NC3CCC(N)CC3)cccn12. The summed E-state index contributed by atoms with van der Waals surface area (Å²) in [6, 6.07) is 13.6. The van der Waals surface area contributed by atoms with Crippen molar-refractivity contribution >= 4 is 23.3 Å². The Morgan fingerprint density at radius 3 is 2.58 bits per heavy atom. The summed E-state index contributed by atoms with van der Waals surface area (Å²) in [7, 11) is 1.34. The molecule has 1 fully saturated rings. The minimum absolute atomic E-state index is 0.0110. The van der Waals surface area contributed by atoms with Gasteiger partial charge in [-0.1, -0.05) is 30.3 Å². The van der Waals surface area contributed by atoms with E-state index in [9.17, 15) is 9.59 Å². The third-order valence-corrected chi connectivity index (χ3v) is 5.68. The molecule has 0 saturated heterocycles. The fourth-order valence-electron chi connectivity index (χ4n) is 3.97. The predicted molar refractivity (Wildman–Crippen MR) is 119 cm³/mol. The van der Waals surface area contributed by atoms with Crippen molar-refractivity contribution in [1.82, 2.24) is 14.7 Å². The van der Waals surface area contributed by atoms with Crippen molar-refractivity contribution in [1.29, 1.82) is 0 Å². The van der Waals surface area contributed by atoms with Gasteiger partial charge in [0.25, 0.3) is 5.91 Å². The molecule has 1 saturated carbocycles. The van der Waals surface area contributed by atoms with Crippen LogP contribution in [0.5, 0.6) is 0 Å². The number of carbonyl (C=O) groups is 2. The number of amides is 1. The first-order valence-corrected chi connectivity index (χ1v) is 10.5. The number of nitrogens with two attached hydrogens (primary N) is 1. The van der Waals surface area contributed by atoms with E-state index >= 15 is 0 Å². The lowest BCUT2D eigenvalue weighted by Crippen LogP contribution is -2.40. The average molecular weight is 422 g/mol. The van der Waals surface area contributed by atoms with Gasteiger partial charge in [-0.25, -0.2) is 4.98 Å². The highest BCUT2D eigenvalue weighted by atomic mass is 16.5. The summed E-state index contributed by atoms with van der Waals surface area (Å²) < 4.78 is 6.56. The molecule has 4 rings (SSSR count). The van der Waals surface area contributed by atoms with Crippen LogP contribution in [0.2, 0.25) is 0 Å². The lowest BCUT2D eigenvalue weighted by atomic mass is 9.91. The molecule has 0 spiro atoms. The Morgan fingerprint density at radius 1 is 1.13 bits per heavy atom. The molecule has 0 atom stereocenters. The van der Waals surface area contributed by atoms with Crippen LogP contribution in [0.1, 0.15) is 36.0 Å². The lowest BCUT2D eigenvalue weighted by molar-refractivity contribution is -0.138. The number of aromatic nitrogens is 2. The molecule has 4 N–H and O–H groups in total. The standard InChI is InChI=1S/C23H27N5O3/c1-31-19(29)14-25-22-20(15-6-3-2-4-7-15)27-21-18(8-5-13-28(21)22)23(30)26-17-11-9-16(24)10-12-17/h2-8,13,16-17,25H,9-12,14,24H2,1H3,(H,26,30). The van der Waals surface area contributed by atoms with E-state index in [1.807, 2.05) is 36.5 Å². The number of pyridine rings is 1. The zero-order valence-corrected chi connectivity index (χ0v) is 17.5. The number of ether oxygens (including phenoxy) is 1. The fourth-order valence-corrected chi connectivity index (χ4v) is 3.97. The molecule has 8 heteroatoms. The van der Waals surface area contributed by atoms with E-state index in [-0.39, 0.29) is 24.5 Å². The smallest absolute Gasteiger partial charge is 0.325 e. The Hall–Kier alpha value is -3.39. The number of nitrogens with zero attached hydrogens (tertiary/aromatic N) is 2. The van der Waals surface area contributed by atoms with Crippen LogP contribution in [-0.4, -0.2) is 47.0 Å². The summed E-state index contributed by atoms with van der Waals surface area (Å²) in [4.78, 5) is 29.6. The third-order valence-electron chi connectivity index (χ3n) is 5.68. The van der Waals surface area contributed by atoms with Gasteiger partial charge < -0.3 is 21.1 Å². The number of fused-ring (bicyclic) bond motifs is 1. The summed E-state index contributed by atoms with van der Waals surface area (Å²) in [5.41, 5.74) is 8.54. The second kappa shape index (κ2) is 9.18. The highest BCUT2D eigenvalue weighted by Gasteiger charge is 2.23. The second-order valence-electron chi connectivity index (χ2n) is 7.81. The maximum atomic E-state index is 13.1. The zero-order chi connectivity index (χ0) is 21.8. The van der Waals surface area contributed by atoms with Crippen molar-refractivity contribution in [2.24, 2.45) is 5.73 Å². The Labute approximate surface area is 180 Å². The van der Waals surface area contributed by atoms with Crippen molar-refractivity contribution in [2.75, 3.05) is 19.0 Å². The number of carbonyl (C=O) groups excluding carboxylic acids is 2. The molecule has 162 valence electrons. The molecule has 0 unspecified atom stereocenters. The Balaban J connectivity index is 1.70. The number of nitrogens with one attached hydrogen (secondary N) is 2. The predicted octanol–water partition coefficient (Wildman–Crippen LogP) is 2.59. The van der Waals surface area contributed by atoms with Gasteiger partial charge in [0.1, 0.15) is 18.1 Å². The van der Waals surface area contributed by atoms with E-state index < -0.39 is 5.97 Å². The van der Waals surface area contributed by atoms with Crippen LogP contribution in [0, 0.1) is 0 Å². The van der Waals surface area contributed by atoms with Gasteiger partial charge in [-0.15, -0.1) is 0 Å². The fraction of sp³-hybridized carbons (Fsp3) is 0.348. The van der Waals surface area contributed by atoms with Gasteiger partial charge in [0.15, 0.2) is 5.65 Å². The number of rotatable bonds is 6. The Kier molecular flexibility index (Phi) is 6.18. The molecule has 1 aliphatic carbocycles. The molecule has 31 heavy (non-hydrogen) atoms. The normalized spacial score (nSPS) is 18.5. The van der Waals surface area contributed by atoms with Gasteiger partial charge in [-0.2, -0.15) is 0 Å². The molecule has 8 nitrogen and oxygen atoms in total. The molecule has 0 aliphatic heterocycles. The zero-order valence-electron chi connectivity index (χ0n) is 17.5. The van der Waals surface area contributed by atoms with Crippen molar-refractivity contribution in [3.8, 4) is 11.3 Å². The van der Waals surface area contributed by atoms with Crippen molar-refractivity contribution < 1.29 is 14.3 Å². The molecule has 2 aromatic heterocycles. The van der Waals surface area contributed by atoms with Crippen molar-refractivity contribution in [3.63, 3.8) is 0 Å². The Morgan fingerprint density at radius 2 is 1.87 bits per heavy atom. The quantitative estimate of drug-likeness (QED) is 0.528. The van der Waals surface area contributed by atoms with Gasteiger partial charge >= 0.3 is 5.97 Å². The van der Waals surface area contributed by atoms with Gasteiger partial charge in [0, 0.05) is 23.8 Å². The van der Waals surface area contributed by atoms with E-state index in [0.717, 1.165) is 31.2 Å². The molecular weight excluding hydrogens is 394 g/mol. The molecular formula is C23H27N5O3. The molecule has 1 aromatic carbocycles. The van der Waals surface area contributed by atoms with Crippen LogP contribution in [0.25, 0.3) is 16.9 Å². The highest BCUT2D eigenvalue weighted by molar-refractivity contribution is 6.01. The van der Waals surface area contributed by atoms with Crippen LogP contribution in [-0.2, 0) is 9.53 Å². The molecule has 0 bridgehead atoms. The minimum atomic E-state index is -0.390. The van der Waals surface area contributed by atoms with Crippen molar-refractivity contribution in [2.45, 2.75) is 37.8 Å². The summed E-state index contributed by atoms with van der Waals surface area (Å²) in [5.74, 6) is 0.0819. The van der Waals surface area contributed by atoms with Gasteiger partial charge in [0.2, 0.25) is 0 Å². The van der Waals surface area contributed by atoms with Crippen molar-refractivity contribution in [3.05, 3.63) is 54.2 Å². The maximum Gasteiger partial charge on any atom is 0.325 e. The summed E-state index contributed by atoms with van der Waals surface area (Å²) >= 11 is 0. The number of esters is 1. The summed E-state index contributed by atoms with van der Waals surface area (Å²) in [6.45, 7) is -0.0110. The minimum Gasteiger partial charge on any atom is -0.468 e. The number of hydrogen-bond acceptors (Lipinski definition) is 6. The van der Waals surface area contributed by atoms with E-state index in [2.05, 4.69) is 10.6 Å². The van der Waals surface area contributed by atoms with Gasteiger partial charge in [0.05, 0.1) is 12.7 Å². The van der Waals surface area contributed by atoms with Crippen LogP contribution in [0.3, 0.4) is 0 Å². The van der Waals surface area contributed by atoms with E-state index in [1.165, 1.54) is 7.11 Å². The third kappa shape index (κ3) is 4.54. The van der Waals surface area contributed by atoms with Crippen LogP contribution in [0.4, 0.5) is 5.82 Å². The van der Waals surface area contributed by atoms with Crippen LogP contribution < -0.4 is 16.4 Å². The molecule has 3 aromatic rings. The number of benzene rings is 1. The summed E-state index contributed by atoms with van der Waals surface area (Å²) in [5, 5.41) is 6.25. The number of hydrogen-bond donors (Lipinski definition) is 3. The van der Waals surface area contributed by atoms with Crippen LogP contribution in [0.15, 0.2) is 48.7 Å². The average Bonchev–Trinajstić information content (AvgIpc) is 3.18. The van der Waals surface area contributed by atoms with Crippen LogP contribution >= 0.6 is 0 Å². The number of methoxy groups -OCH3 is 1. The first-order chi connectivity index (χ1) is 15.1. The topological polar surface area (TPSA) is 111 Å². The molecule has 1 aliphatic rings. The molecule has 1 amide bonds. The monoisotopic (exact) mass is 421 g/mol. The van der Waals surface area contributed by atoms with E-state index in [0.29, 0.717) is 22.7 Å². The number of imidazole rings is 1. The first kappa shape index (κ1) is 20.9. The number of anilines is 1. The lowest BCUT2D eigenvalue weighted by Gasteiger charge is -2.26. The molecule has 0 radical (unpaired) electrons. The Bertz CT molecular complexity index is 1070. The first-order valence-electron chi connectivity index (χ1n) is 10.5. The largest absolute Gasteiger partial charge is 0.468 e. The van der Waals surface area contributed by atoms with E-state index in [4.69, 9.17) is 15.5 Å².